The Hall–Kier alpha value is -3.05. The second-order valence-electron chi connectivity index (χ2n) is 6.79. The molecule has 0 saturated carbocycles. The number of anilines is 1. The summed E-state index contributed by atoms with van der Waals surface area (Å²) >= 11 is 0. The van der Waals surface area contributed by atoms with Crippen LogP contribution in [0.1, 0.15) is 37.6 Å². The third-order valence-electron chi connectivity index (χ3n) is 4.52. The van der Waals surface area contributed by atoms with Crippen molar-refractivity contribution in [3.8, 4) is 6.07 Å². The maximum Gasteiger partial charge on any atom is 0.200 e. The summed E-state index contributed by atoms with van der Waals surface area (Å²) in [6, 6.07) is 13.3. The van der Waals surface area contributed by atoms with Crippen molar-refractivity contribution in [2.45, 2.75) is 42.9 Å². The molecule has 0 radical (unpaired) electrons. The predicted molar refractivity (Wildman–Crippen MR) is 109 cm³/mol. The van der Waals surface area contributed by atoms with Gasteiger partial charge < -0.3 is 5.32 Å². The zero-order valence-electron chi connectivity index (χ0n) is 16.1. The van der Waals surface area contributed by atoms with Crippen molar-refractivity contribution in [2.75, 3.05) is 5.32 Å². The van der Waals surface area contributed by atoms with Gasteiger partial charge in [0.15, 0.2) is 11.1 Å². The number of sulfone groups is 1. The van der Waals surface area contributed by atoms with Gasteiger partial charge in [-0.1, -0.05) is 25.5 Å². The normalized spacial score (nSPS) is 13.6. The highest BCUT2D eigenvalue weighted by Gasteiger charge is 2.33. The van der Waals surface area contributed by atoms with E-state index in [0.29, 0.717) is 11.0 Å². The molecule has 1 aromatic heterocycles. The Labute approximate surface area is 169 Å². The smallest absolute Gasteiger partial charge is 0.200 e. The molecule has 0 aliphatic carbocycles. The molecule has 2 atom stereocenters. The van der Waals surface area contributed by atoms with E-state index >= 15 is 0 Å². The Morgan fingerprint density at radius 1 is 1.10 bits per heavy atom. The van der Waals surface area contributed by atoms with Crippen LogP contribution in [-0.4, -0.2) is 24.4 Å². The summed E-state index contributed by atoms with van der Waals surface area (Å²) in [6.07, 6.45) is 1.77. The molecule has 150 valence electrons. The first kappa shape index (κ1) is 20.7. The van der Waals surface area contributed by atoms with Crippen molar-refractivity contribution < 1.29 is 12.8 Å². The molecule has 3 rings (SSSR count). The largest absolute Gasteiger partial charge is 0.366 e. The lowest BCUT2D eigenvalue weighted by atomic mass is 10.2. The van der Waals surface area contributed by atoms with Gasteiger partial charge in [-0.15, -0.1) is 0 Å². The molecule has 0 bridgehead atoms. The van der Waals surface area contributed by atoms with E-state index in [4.69, 9.17) is 0 Å². The van der Waals surface area contributed by atoms with Gasteiger partial charge in [0.25, 0.3) is 0 Å². The summed E-state index contributed by atoms with van der Waals surface area (Å²) < 4.78 is 39.5. The Bertz CT molecular complexity index is 1160. The number of hydrogen-bond donors (Lipinski definition) is 1. The van der Waals surface area contributed by atoms with Gasteiger partial charge in [0.05, 0.1) is 22.0 Å². The molecular weight excluding hydrogens is 391 g/mol. The number of rotatable bonds is 7. The zero-order chi connectivity index (χ0) is 21.0. The van der Waals surface area contributed by atoms with Gasteiger partial charge in [-0.2, -0.15) is 5.26 Å². The fraction of sp³-hybridized carbons (Fsp3) is 0.286. The molecule has 0 aliphatic heterocycles. The minimum absolute atomic E-state index is 0.0158. The van der Waals surface area contributed by atoms with Gasteiger partial charge in [0.2, 0.25) is 9.84 Å². The molecule has 0 fully saturated rings. The fourth-order valence-electron chi connectivity index (χ4n) is 3.08. The van der Waals surface area contributed by atoms with Crippen molar-refractivity contribution in [3.63, 3.8) is 0 Å². The monoisotopic (exact) mass is 412 g/mol. The summed E-state index contributed by atoms with van der Waals surface area (Å²) in [5.41, 5.74) is 1.13. The van der Waals surface area contributed by atoms with Gasteiger partial charge in [-0.05, 0) is 49.7 Å². The summed E-state index contributed by atoms with van der Waals surface area (Å²) in [6.45, 7) is 4.00. The van der Waals surface area contributed by atoms with Crippen molar-refractivity contribution in [3.05, 3.63) is 60.0 Å². The van der Waals surface area contributed by atoms with Gasteiger partial charge >= 0.3 is 0 Å². The predicted octanol–water partition coefficient (Wildman–Crippen LogP) is 4.41. The van der Waals surface area contributed by atoms with Crippen molar-refractivity contribution in [1.82, 2.24) is 9.97 Å². The first-order valence-electron chi connectivity index (χ1n) is 9.29. The number of aromatic nitrogens is 2. The fourth-order valence-corrected chi connectivity index (χ4v) is 4.46. The maximum absolute atomic E-state index is 13.2. The average Bonchev–Trinajstić information content (AvgIpc) is 2.69. The first-order chi connectivity index (χ1) is 13.9. The van der Waals surface area contributed by atoms with E-state index in [0.717, 1.165) is 37.1 Å². The Kier molecular flexibility index (Phi) is 6.09. The highest BCUT2D eigenvalue weighted by molar-refractivity contribution is 7.92. The molecular formula is C21H21FN4O2S. The molecule has 6 nitrogen and oxygen atoms in total. The lowest BCUT2D eigenvalue weighted by molar-refractivity contribution is 0.589. The van der Waals surface area contributed by atoms with E-state index in [9.17, 15) is 18.1 Å². The number of para-hydroxylation sites is 2. The summed E-state index contributed by atoms with van der Waals surface area (Å²) in [7, 11) is -4.13. The maximum atomic E-state index is 13.2. The molecule has 8 heteroatoms. The molecule has 1 heterocycles. The standard InChI is InChI=1S/C21H21FN4O2S/c1-3-6-14(2)24-21-20(25-17-7-4-5-8-18(17)26-21)19(13-23)29(27,28)16-11-9-15(22)10-12-16/h4-5,7-12,14,19H,3,6H2,1-2H3,(H,24,26)/t14-,19+/m0/s1. The van der Waals surface area contributed by atoms with E-state index < -0.39 is 20.9 Å². The summed E-state index contributed by atoms with van der Waals surface area (Å²) in [5, 5.41) is 11.4. The van der Waals surface area contributed by atoms with E-state index in [-0.39, 0.29) is 22.4 Å². The molecule has 2 aromatic carbocycles. The van der Waals surface area contributed by atoms with E-state index in [1.54, 1.807) is 18.2 Å². The number of nitriles is 1. The first-order valence-corrected chi connectivity index (χ1v) is 10.8. The number of fused-ring (bicyclic) bond motifs is 1. The van der Waals surface area contributed by atoms with Crippen LogP contribution in [0.15, 0.2) is 53.4 Å². The average molecular weight is 412 g/mol. The highest BCUT2D eigenvalue weighted by Crippen LogP contribution is 2.32. The van der Waals surface area contributed by atoms with Crippen LogP contribution in [0.3, 0.4) is 0 Å². The van der Waals surface area contributed by atoms with E-state index in [1.807, 2.05) is 26.0 Å². The summed E-state index contributed by atoms with van der Waals surface area (Å²) in [4.78, 5) is 8.86. The Balaban J connectivity index is 2.16. The highest BCUT2D eigenvalue weighted by atomic mass is 32.2. The molecule has 0 aliphatic rings. The van der Waals surface area contributed by atoms with Crippen LogP contribution >= 0.6 is 0 Å². The topological polar surface area (TPSA) is 95.7 Å². The van der Waals surface area contributed by atoms with Crippen LogP contribution < -0.4 is 5.32 Å². The van der Waals surface area contributed by atoms with Crippen LogP contribution in [0, 0.1) is 17.1 Å². The number of hydrogen-bond acceptors (Lipinski definition) is 6. The molecule has 29 heavy (non-hydrogen) atoms. The van der Waals surface area contributed by atoms with E-state index in [1.165, 1.54) is 0 Å². The number of nitrogens with one attached hydrogen (secondary N) is 1. The van der Waals surface area contributed by atoms with Crippen molar-refractivity contribution in [2.24, 2.45) is 0 Å². The molecule has 3 aromatic rings. The molecule has 0 saturated heterocycles. The van der Waals surface area contributed by atoms with Gasteiger partial charge in [0, 0.05) is 6.04 Å². The molecule has 1 N–H and O–H groups in total. The minimum atomic E-state index is -4.13. The Morgan fingerprint density at radius 3 is 2.31 bits per heavy atom. The van der Waals surface area contributed by atoms with Crippen molar-refractivity contribution >= 4 is 26.7 Å². The lowest BCUT2D eigenvalue weighted by Gasteiger charge is -2.19. The number of nitrogens with zero attached hydrogens (tertiary/aromatic N) is 3. The second kappa shape index (κ2) is 8.53. The van der Waals surface area contributed by atoms with Crippen LogP contribution in [0.2, 0.25) is 0 Å². The van der Waals surface area contributed by atoms with Gasteiger partial charge in [-0.3, -0.25) is 0 Å². The van der Waals surface area contributed by atoms with Gasteiger partial charge in [-0.25, -0.2) is 22.8 Å². The third kappa shape index (κ3) is 4.35. The second-order valence-corrected chi connectivity index (χ2v) is 8.82. The van der Waals surface area contributed by atoms with Crippen LogP contribution in [0.25, 0.3) is 11.0 Å². The van der Waals surface area contributed by atoms with E-state index in [2.05, 4.69) is 15.3 Å². The number of benzene rings is 2. The quantitative estimate of drug-likeness (QED) is 0.578. The zero-order valence-corrected chi connectivity index (χ0v) is 16.9. The van der Waals surface area contributed by atoms with Crippen LogP contribution in [-0.2, 0) is 9.84 Å². The summed E-state index contributed by atoms with van der Waals surface area (Å²) in [5.74, 6) is -0.291. The minimum Gasteiger partial charge on any atom is -0.366 e. The Morgan fingerprint density at radius 2 is 1.72 bits per heavy atom. The molecule has 0 unspecified atom stereocenters. The van der Waals surface area contributed by atoms with Crippen LogP contribution in [0.5, 0.6) is 0 Å². The van der Waals surface area contributed by atoms with Crippen molar-refractivity contribution in [1.29, 1.82) is 5.26 Å². The third-order valence-corrected chi connectivity index (χ3v) is 6.40. The van der Waals surface area contributed by atoms with Crippen LogP contribution in [0.4, 0.5) is 10.2 Å². The molecule has 0 spiro atoms. The SMILES string of the molecule is CCC[C@H](C)Nc1nc2ccccc2nc1[C@@H](C#N)S(=O)(=O)c1ccc(F)cc1. The molecule has 0 amide bonds. The number of halogens is 1. The van der Waals surface area contributed by atoms with Gasteiger partial charge in [0.1, 0.15) is 11.5 Å². The lowest BCUT2D eigenvalue weighted by Crippen LogP contribution is -2.21.